The van der Waals surface area contributed by atoms with Crippen LogP contribution in [0.4, 0.5) is 5.69 Å². The number of ether oxygens (including phenoxy) is 1. The Morgan fingerprint density at radius 2 is 1.66 bits per heavy atom. The van der Waals surface area contributed by atoms with Gasteiger partial charge in [-0.15, -0.1) is 0 Å². The smallest absolute Gasteiger partial charge is 0.327 e. The van der Waals surface area contributed by atoms with Gasteiger partial charge in [-0.2, -0.15) is 0 Å². The number of hydrogen-bond acceptors (Lipinski definition) is 5. The Bertz CT molecular complexity index is 1230. The molecule has 0 unspecified atom stereocenters. The number of aryl methyl sites for hydroxylation is 1. The van der Waals surface area contributed by atoms with Crippen LogP contribution >= 0.6 is 0 Å². The molecule has 1 atom stereocenters. The first-order valence-corrected chi connectivity index (χ1v) is 10.6. The molecular formula is C22H19NO5S. The fourth-order valence-corrected chi connectivity index (χ4v) is 5.14. The summed E-state index contributed by atoms with van der Waals surface area (Å²) in [6, 6.07) is 17.2. The molecule has 0 amide bonds. The third kappa shape index (κ3) is 3.27. The van der Waals surface area contributed by atoms with E-state index >= 15 is 0 Å². The third-order valence-electron chi connectivity index (χ3n) is 4.97. The summed E-state index contributed by atoms with van der Waals surface area (Å²) in [5, 5.41) is 1.37. The van der Waals surface area contributed by atoms with E-state index in [2.05, 4.69) is 0 Å². The van der Waals surface area contributed by atoms with Crippen LogP contribution in [0.2, 0.25) is 0 Å². The molecule has 0 N–H and O–H groups in total. The summed E-state index contributed by atoms with van der Waals surface area (Å²) >= 11 is 0. The van der Waals surface area contributed by atoms with Crippen LogP contribution < -0.4 is 4.31 Å². The number of rotatable bonds is 5. The zero-order chi connectivity index (χ0) is 20.8. The fraction of sp³-hybridized carbons (Fsp3) is 0.182. The van der Waals surface area contributed by atoms with Crippen molar-refractivity contribution >= 4 is 38.2 Å². The van der Waals surface area contributed by atoms with Gasteiger partial charge in [-0.1, -0.05) is 54.1 Å². The predicted molar refractivity (Wildman–Crippen MR) is 110 cm³/mol. The first-order chi connectivity index (χ1) is 13.8. The number of sulfonamides is 1. The van der Waals surface area contributed by atoms with E-state index in [0.29, 0.717) is 16.6 Å². The molecular weight excluding hydrogens is 390 g/mol. The van der Waals surface area contributed by atoms with Crippen molar-refractivity contribution in [2.24, 2.45) is 0 Å². The Morgan fingerprint density at radius 1 is 1.00 bits per heavy atom. The quantitative estimate of drug-likeness (QED) is 0.476. The zero-order valence-electron chi connectivity index (χ0n) is 16.0. The molecule has 0 aliphatic carbocycles. The Labute approximate surface area is 168 Å². The van der Waals surface area contributed by atoms with Gasteiger partial charge in [0.2, 0.25) is 5.78 Å². The van der Waals surface area contributed by atoms with Crippen LogP contribution in [-0.4, -0.2) is 32.8 Å². The molecule has 7 heteroatoms. The predicted octanol–water partition coefficient (Wildman–Crippen LogP) is 3.47. The van der Waals surface area contributed by atoms with Gasteiger partial charge in [0.1, 0.15) is 6.54 Å². The molecule has 0 saturated carbocycles. The lowest BCUT2D eigenvalue weighted by atomic mass is 10.1. The molecule has 0 aromatic heterocycles. The topological polar surface area (TPSA) is 80.8 Å². The molecule has 1 aliphatic rings. The standard InChI is InChI=1S/C22H19NO5S/c1-14-9-11-17(12-10-14)22(25)15(2)28-20(24)13-23-18-7-3-5-16-6-4-8-19(21(16)18)29(23,26)27/h3-12,15H,13H2,1-2H3/t15-/m0/s1. The van der Waals surface area contributed by atoms with Crippen LogP contribution in [0.1, 0.15) is 22.8 Å². The molecule has 1 heterocycles. The first kappa shape index (κ1) is 19.1. The highest BCUT2D eigenvalue weighted by Crippen LogP contribution is 2.41. The summed E-state index contributed by atoms with van der Waals surface area (Å²) in [5.74, 6) is -1.13. The number of esters is 1. The molecule has 0 saturated heterocycles. The van der Waals surface area contributed by atoms with Gasteiger partial charge in [-0.05, 0) is 31.4 Å². The zero-order valence-corrected chi connectivity index (χ0v) is 16.8. The summed E-state index contributed by atoms with van der Waals surface area (Å²) in [6.07, 6.45) is -1.02. The second kappa shape index (κ2) is 7.00. The summed E-state index contributed by atoms with van der Waals surface area (Å²) < 4.78 is 32.1. The number of carbonyl (C=O) groups is 2. The van der Waals surface area contributed by atoms with E-state index in [1.165, 1.54) is 13.0 Å². The molecule has 29 heavy (non-hydrogen) atoms. The van der Waals surface area contributed by atoms with Gasteiger partial charge in [-0.25, -0.2) is 8.42 Å². The second-order valence-corrected chi connectivity index (χ2v) is 8.84. The van der Waals surface area contributed by atoms with E-state index in [9.17, 15) is 18.0 Å². The Hall–Kier alpha value is -3.19. The van der Waals surface area contributed by atoms with Gasteiger partial charge >= 0.3 is 5.97 Å². The highest BCUT2D eigenvalue weighted by Gasteiger charge is 2.37. The lowest BCUT2D eigenvalue weighted by Crippen LogP contribution is -2.36. The van der Waals surface area contributed by atoms with Crippen molar-refractivity contribution < 1.29 is 22.7 Å². The maximum atomic E-state index is 12.9. The van der Waals surface area contributed by atoms with Crippen LogP contribution in [0.3, 0.4) is 0 Å². The third-order valence-corrected chi connectivity index (χ3v) is 6.77. The monoisotopic (exact) mass is 409 g/mol. The molecule has 0 fully saturated rings. The molecule has 1 aliphatic heterocycles. The first-order valence-electron chi connectivity index (χ1n) is 9.14. The summed E-state index contributed by atoms with van der Waals surface area (Å²) in [5.41, 5.74) is 1.88. The molecule has 6 nitrogen and oxygen atoms in total. The molecule has 3 aromatic rings. The van der Waals surface area contributed by atoms with Crippen molar-refractivity contribution in [2.45, 2.75) is 24.8 Å². The van der Waals surface area contributed by atoms with Crippen molar-refractivity contribution in [3.63, 3.8) is 0 Å². The number of hydrogen-bond donors (Lipinski definition) is 0. The van der Waals surface area contributed by atoms with E-state index in [-0.39, 0.29) is 10.7 Å². The minimum absolute atomic E-state index is 0.169. The van der Waals surface area contributed by atoms with Crippen molar-refractivity contribution in [1.82, 2.24) is 0 Å². The normalized spacial score (nSPS) is 15.3. The van der Waals surface area contributed by atoms with Crippen molar-refractivity contribution in [1.29, 1.82) is 0 Å². The van der Waals surface area contributed by atoms with Crippen LogP contribution in [0.5, 0.6) is 0 Å². The van der Waals surface area contributed by atoms with E-state index in [1.54, 1.807) is 42.5 Å². The van der Waals surface area contributed by atoms with Crippen LogP contribution in [0.15, 0.2) is 65.6 Å². The van der Waals surface area contributed by atoms with Crippen LogP contribution in [0, 0.1) is 6.92 Å². The highest BCUT2D eigenvalue weighted by atomic mass is 32.2. The Morgan fingerprint density at radius 3 is 2.34 bits per heavy atom. The van der Waals surface area contributed by atoms with Crippen molar-refractivity contribution in [3.05, 3.63) is 71.8 Å². The summed E-state index contributed by atoms with van der Waals surface area (Å²) in [4.78, 5) is 25.1. The molecule has 0 spiro atoms. The van der Waals surface area contributed by atoms with E-state index in [1.807, 2.05) is 19.1 Å². The van der Waals surface area contributed by atoms with Gasteiger partial charge in [0.05, 0.1) is 10.6 Å². The van der Waals surface area contributed by atoms with Crippen molar-refractivity contribution in [2.75, 3.05) is 10.8 Å². The van der Waals surface area contributed by atoms with Crippen molar-refractivity contribution in [3.8, 4) is 0 Å². The van der Waals surface area contributed by atoms with Gasteiger partial charge in [0.25, 0.3) is 10.0 Å². The van der Waals surface area contributed by atoms with Crippen LogP contribution in [0.25, 0.3) is 10.8 Å². The van der Waals surface area contributed by atoms with Gasteiger partial charge in [0, 0.05) is 10.9 Å². The van der Waals surface area contributed by atoms with E-state index in [4.69, 9.17) is 4.74 Å². The second-order valence-electron chi connectivity index (χ2n) is 7.01. The highest BCUT2D eigenvalue weighted by molar-refractivity contribution is 7.93. The number of Topliss-reactive ketones (excluding diaryl/α,β-unsaturated/α-hetero) is 1. The molecule has 4 rings (SSSR count). The molecule has 3 aromatic carbocycles. The molecule has 0 radical (unpaired) electrons. The van der Waals surface area contributed by atoms with Gasteiger partial charge < -0.3 is 4.74 Å². The molecule has 148 valence electrons. The Kier molecular flexibility index (Phi) is 4.62. The van der Waals surface area contributed by atoms with Gasteiger partial charge in [0.15, 0.2) is 6.10 Å². The largest absolute Gasteiger partial charge is 0.453 e. The average molecular weight is 409 g/mol. The van der Waals surface area contributed by atoms with Crippen LogP contribution in [-0.2, 0) is 19.6 Å². The average Bonchev–Trinajstić information content (AvgIpc) is 2.91. The maximum absolute atomic E-state index is 12.9. The lowest BCUT2D eigenvalue weighted by Gasteiger charge is -2.19. The van der Waals surface area contributed by atoms with E-state index in [0.717, 1.165) is 15.3 Å². The number of nitrogens with zero attached hydrogens (tertiary/aromatic N) is 1. The molecule has 0 bridgehead atoms. The lowest BCUT2D eigenvalue weighted by molar-refractivity contribution is -0.144. The maximum Gasteiger partial charge on any atom is 0.327 e. The minimum atomic E-state index is -3.86. The number of ketones is 1. The van der Waals surface area contributed by atoms with Gasteiger partial charge in [-0.3, -0.25) is 13.9 Å². The number of benzene rings is 3. The summed E-state index contributed by atoms with van der Waals surface area (Å²) in [7, 11) is -3.86. The van der Waals surface area contributed by atoms with E-state index < -0.39 is 28.6 Å². The summed E-state index contributed by atoms with van der Waals surface area (Å²) in [6.45, 7) is 2.89. The SMILES string of the molecule is Cc1ccc(C(=O)[C@H](C)OC(=O)CN2c3cccc4cccc(c34)S2(=O)=O)cc1. The minimum Gasteiger partial charge on any atom is -0.453 e. The Balaban J connectivity index is 1.54. The number of anilines is 1. The number of carbonyl (C=O) groups excluding carboxylic acids is 2. The fourth-order valence-electron chi connectivity index (χ4n) is 3.49.